The number of amides is 6. The van der Waals surface area contributed by atoms with Crippen molar-refractivity contribution in [2.24, 2.45) is 11.8 Å². The lowest BCUT2D eigenvalue weighted by Gasteiger charge is -2.31. The average molecular weight is 900 g/mol. The van der Waals surface area contributed by atoms with Gasteiger partial charge in [0.15, 0.2) is 0 Å². The van der Waals surface area contributed by atoms with Gasteiger partial charge in [0.2, 0.25) is 35.4 Å². The maximum absolute atomic E-state index is 14.7. The summed E-state index contributed by atoms with van der Waals surface area (Å²) in [5, 5.41) is 50.3. The highest BCUT2D eigenvalue weighted by Gasteiger charge is 2.40. The minimum atomic E-state index is -1.28. The van der Waals surface area contributed by atoms with Crippen LogP contribution >= 0.6 is 0 Å². The minimum Gasteiger partial charge on any atom is -0.508 e. The number of rotatable bonds is 11. The first-order valence-corrected chi connectivity index (χ1v) is 21.7. The number of nitro groups is 2. The standard InChI is InChI=1S/C45H57N9O11/c1-26(2)22-34-41(57)50-36(24-28-10-6-5-7-11-28)45(61)52-21-9-13-37(52)43(59)49-35(23-29-14-17-31(55)18-15-29)42(58)51-39(27(3)4)44(60)46-20-8-12-33(40(56)48-34)47-32-19-16-30(53(62)63)25-38(32)54(64)65/h5-7,10-11,14-19,25-27,33-37,39,47,55H,8-9,12-13,20-24H2,1-4H3,(H,46,60)(H,48,56)(H,49,59)(H,50,57)(H,51,58)/t33-,34-,35+,36+,37-,39-/m0/s1. The van der Waals surface area contributed by atoms with Crippen molar-refractivity contribution in [2.45, 2.75) is 109 Å². The predicted octanol–water partition coefficient (Wildman–Crippen LogP) is 3.02. The Balaban J connectivity index is 1.55. The second-order valence-electron chi connectivity index (χ2n) is 17.1. The quantitative estimate of drug-likeness (QED) is 0.108. The van der Waals surface area contributed by atoms with E-state index in [-0.39, 0.29) is 69.0 Å². The van der Waals surface area contributed by atoms with Gasteiger partial charge in [-0.3, -0.25) is 49.0 Å². The highest BCUT2D eigenvalue weighted by molar-refractivity contribution is 5.97. The highest BCUT2D eigenvalue weighted by atomic mass is 16.6. The molecule has 2 heterocycles. The number of hydrogen-bond donors (Lipinski definition) is 7. The number of nitro benzene ring substituents is 2. The Bertz CT molecular complexity index is 2220. The Hall–Kier alpha value is -7.12. The molecule has 2 aliphatic heterocycles. The summed E-state index contributed by atoms with van der Waals surface area (Å²) in [5.74, 6) is -4.51. The number of phenolic OH excluding ortho intramolecular Hbond substituents is 1. The van der Waals surface area contributed by atoms with E-state index in [0.29, 0.717) is 17.5 Å². The maximum atomic E-state index is 14.7. The topological polar surface area (TPSA) is 284 Å². The van der Waals surface area contributed by atoms with Gasteiger partial charge in [-0.25, -0.2) is 0 Å². The molecule has 348 valence electrons. The average Bonchev–Trinajstić information content (AvgIpc) is 3.76. The van der Waals surface area contributed by atoms with E-state index in [1.54, 1.807) is 56.3 Å². The van der Waals surface area contributed by atoms with E-state index in [9.17, 15) is 54.1 Å². The first-order chi connectivity index (χ1) is 30.9. The maximum Gasteiger partial charge on any atom is 0.299 e. The van der Waals surface area contributed by atoms with E-state index in [2.05, 4.69) is 31.9 Å². The second-order valence-corrected chi connectivity index (χ2v) is 17.1. The normalized spacial score (nSPS) is 23.0. The molecular weight excluding hydrogens is 843 g/mol. The van der Waals surface area contributed by atoms with Gasteiger partial charge in [-0.15, -0.1) is 0 Å². The molecule has 2 aliphatic rings. The van der Waals surface area contributed by atoms with Crippen LogP contribution in [0.5, 0.6) is 5.75 Å². The molecule has 20 heteroatoms. The molecule has 65 heavy (non-hydrogen) atoms. The van der Waals surface area contributed by atoms with Crippen molar-refractivity contribution in [3.8, 4) is 5.75 Å². The zero-order valence-electron chi connectivity index (χ0n) is 36.8. The van der Waals surface area contributed by atoms with Crippen molar-refractivity contribution in [2.75, 3.05) is 18.4 Å². The van der Waals surface area contributed by atoms with Crippen molar-refractivity contribution in [3.05, 3.63) is 104 Å². The van der Waals surface area contributed by atoms with Gasteiger partial charge in [0.25, 0.3) is 11.4 Å². The molecule has 0 saturated carbocycles. The van der Waals surface area contributed by atoms with E-state index in [1.807, 2.05) is 13.8 Å². The molecule has 0 aliphatic carbocycles. The number of anilines is 1. The number of nitrogens with one attached hydrogen (secondary N) is 6. The Morgan fingerprint density at radius 3 is 1.98 bits per heavy atom. The molecule has 20 nitrogen and oxygen atoms in total. The van der Waals surface area contributed by atoms with Gasteiger partial charge < -0.3 is 41.9 Å². The molecule has 5 rings (SSSR count). The second kappa shape index (κ2) is 22.5. The number of aromatic hydroxyl groups is 1. The van der Waals surface area contributed by atoms with Gasteiger partial charge in [-0.2, -0.15) is 0 Å². The van der Waals surface area contributed by atoms with Gasteiger partial charge >= 0.3 is 0 Å². The Morgan fingerprint density at radius 2 is 1.34 bits per heavy atom. The number of benzene rings is 3. The number of hydrogen-bond acceptors (Lipinski definition) is 12. The van der Waals surface area contributed by atoms with Gasteiger partial charge in [0.05, 0.1) is 15.9 Å². The first-order valence-electron chi connectivity index (χ1n) is 21.7. The van der Waals surface area contributed by atoms with Crippen molar-refractivity contribution >= 4 is 52.5 Å². The zero-order chi connectivity index (χ0) is 47.4. The Morgan fingerprint density at radius 1 is 0.708 bits per heavy atom. The largest absolute Gasteiger partial charge is 0.508 e. The van der Waals surface area contributed by atoms with E-state index in [4.69, 9.17) is 0 Å². The van der Waals surface area contributed by atoms with E-state index in [1.165, 1.54) is 17.0 Å². The molecule has 7 N–H and O–H groups in total. The van der Waals surface area contributed by atoms with E-state index >= 15 is 0 Å². The van der Waals surface area contributed by atoms with Crippen LogP contribution in [0.1, 0.15) is 70.9 Å². The van der Waals surface area contributed by atoms with Crippen LogP contribution in [-0.4, -0.2) is 105 Å². The monoisotopic (exact) mass is 899 g/mol. The number of carbonyl (C=O) groups excluding carboxylic acids is 6. The fraction of sp³-hybridized carbons (Fsp3) is 0.467. The fourth-order valence-electron chi connectivity index (χ4n) is 7.93. The van der Waals surface area contributed by atoms with E-state index < -0.39 is 98.8 Å². The molecule has 0 spiro atoms. The third-order valence-corrected chi connectivity index (χ3v) is 11.3. The lowest BCUT2D eigenvalue weighted by atomic mass is 9.99. The third-order valence-electron chi connectivity index (χ3n) is 11.3. The van der Waals surface area contributed by atoms with Crippen LogP contribution in [0.2, 0.25) is 0 Å². The molecule has 6 amide bonds. The zero-order valence-corrected chi connectivity index (χ0v) is 36.8. The number of non-ortho nitro benzene ring substituents is 1. The van der Waals surface area contributed by atoms with Crippen molar-refractivity contribution < 1.29 is 43.7 Å². The molecule has 6 atom stereocenters. The number of phenols is 1. The first kappa shape index (κ1) is 48.9. The number of carbonyl (C=O) groups is 6. The van der Waals surface area contributed by atoms with Crippen LogP contribution in [0.15, 0.2) is 72.8 Å². The van der Waals surface area contributed by atoms with Gasteiger partial charge in [0, 0.05) is 32.0 Å². The molecule has 3 aromatic rings. The number of fused-ring (bicyclic) bond motifs is 1. The van der Waals surface area contributed by atoms with Crippen LogP contribution < -0.4 is 31.9 Å². The van der Waals surface area contributed by atoms with E-state index in [0.717, 1.165) is 18.2 Å². The van der Waals surface area contributed by atoms with Crippen molar-refractivity contribution in [3.63, 3.8) is 0 Å². The summed E-state index contributed by atoms with van der Waals surface area (Å²) in [6.45, 7) is 7.23. The molecule has 2 fully saturated rings. The summed E-state index contributed by atoms with van der Waals surface area (Å²) in [4.78, 5) is 109. The molecule has 0 aromatic heterocycles. The van der Waals surface area contributed by atoms with Crippen LogP contribution in [0.3, 0.4) is 0 Å². The lowest BCUT2D eigenvalue weighted by molar-refractivity contribution is -0.393. The summed E-state index contributed by atoms with van der Waals surface area (Å²) in [6, 6.07) is 10.8. The number of nitrogens with zero attached hydrogens (tertiary/aromatic N) is 3. The van der Waals surface area contributed by atoms with Crippen LogP contribution in [0.25, 0.3) is 0 Å². The van der Waals surface area contributed by atoms with Crippen LogP contribution in [0, 0.1) is 32.1 Å². The minimum absolute atomic E-state index is 0.00612. The third kappa shape index (κ3) is 13.4. The van der Waals surface area contributed by atoms with Crippen molar-refractivity contribution in [1.29, 1.82) is 0 Å². The molecule has 0 bridgehead atoms. The summed E-state index contributed by atoms with van der Waals surface area (Å²) in [7, 11) is 0. The summed E-state index contributed by atoms with van der Waals surface area (Å²) in [5.41, 5.74) is -0.141. The van der Waals surface area contributed by atoms with Crippen molar-refractivity contribution in [1.82, 2.24) is 31.5 Å². The molecule has 2 saturated heterocycles. The summed E-state index contributed by atoms with van der Waals surface area (Å²) in [6.07, 6.45) is 0.824. The van der Waals surface area contributed by atoms with Crippen LogP contribution in [-0.2, 0) is 41.6 Å². The SMILES string of the molecule is CC(C)C[C@@H]1NC(=O)[C@@H](Nc2ccc([N+](=O)[O-])cc2[N+](=O)[O-])CCCNC(=O)[C@H](C(C)C)NC(=O)[C@@H](Cc2ccc(O)cc2)NC(=O)[C@@H]2CCCN2C(=O)[C@@H](Cc2ccccc2)NC1=O. The highest BCUT2D eigenvalue weighted by Crippen LogP contribution is 2.30. The molecule has 3 aromatic carbocycles. The van der Waals surface area contributed by atoms with Gasteiger partial charge in [0.1, 0.15) is 47.7 Å². The van der Waals surface area contributed by atoms with Crippen LogP contribution in [0.4, 0.5) is 17.1 Å². The smallest absolute Gasteiger partial charge is 0.299 e. The molecular formula is C45H57N9O11. The molecule has 0 unspecified atom stereocenters. The van der Waals surface area contributed by atoms with Gasteiger partial charge in [-0.05, 0) is 73.3 Å². The lowest BCUT2D eigenvalue weighted by Crippen LogP contribution is -2.60. The summed E-state index contributed by atoms with van der Waals surface area (Å²) >= 11 is 0. The predicted molar refractivity (Wildman–Crippen MR) is 238 cm³/mol. The Kier molecular flexibility index (Phi) is 16.9. The fourth-order valence-corrected chi connectivity index (χ4v) is 7.93. The summed E-state index contributed by atoms with van der Waals surface area (Å²) < 4.78 is 0. The molecule has 0 radical (unpaired) electrons. The Labute approximate surface area is 376 Å². The van der Waals surface area contributed by atoms with Gasteiger partial charge in [-0.1, -0.05) is 70.2 Å².